The van der Waals surface area contributed by atoms with Crippen LogP contribution in [0, 0.1) is 0 Å². The van der Waals surface area contributed by atoms with Crippen LogP contribution in [0.5, 0.6) is 5.75 Å². The van der Waals surface area contributed by atoms with Crippen LogP contribution >= 0.6 is 0 Å². The lowest BCUT2D eigenvalue weighted by Crippen LogP contribution is -2.18. The Morgan fingerprint density at radius 2 is 2.10 bits per heavy atom. The van der Waals surface area contributed by atoms with E-state index in [1.807, 2.05) is 37.4 Å². The van der Waals surface area contributed by atoms with Crippen molar-refractivity contribution in [2.45, 2.75) is 6.54 Å². The highest BCUT2D eigenvalue weighted by atomic mass is 16.5. The minimum Gasteiger partial charge on any atom is -0.496 e. The molecule has 0 fully saturated rings. The average molecular weight is 282 g/mol. The lowest BCUT2D eigenvalue weighted by molar-refractivity contribution is 0.409. The number of H-pyrrole nitrogens is 1. The van der Waals surface area contributed by atoms with Gasteiger partial charge in [0, 0.05) is 24.5 Å². The van der Waals surface area contributed by atoms with E-state index in [4.69, 9.17) is 10.5 Å². The molecule has 0 radical (unpaired) electrons. The number of nitrogens with zero attached hydrogens (tertiary/aromatic N) is 2. The largest absolute Gasteiger partial charge is 0.496 e. The maximum atomic E-state index is 6.16. The van der Waals surface area contributed by atoms with Crippen molar-refractivity contribution >= 4 is 22.3 Å². The highest BCUT2D eigenvalue weighted by Crippen LogP contribution is 2.29. The zero-order valence-electron chi connectivity index (χ0n) is 12.1. The molecule has 0 saturated heterocycles. The van der Waals surface area contributed by atoms with Gasteiger partial charge in [-0.15, -0.1) is 0 Å². The van der Waals surface area contributed by atoms with Crippen molar-refractivity contribution in [3.05, 3.63) is 48.2 Å². The fourth-order valence-corrected chi connectivity index (χ4v) is 2.50. The van der Waals surface area contributed by atoms with Gasteiger partial charge in [-0.25, -0.2) is 0 Å². The van der Waals surface area contributed by atoms with E-state index in [0.717, 1.165) is 33.6 Å². The number of nitrogens with one attached hydrogen (secondary N) is 1. The molecule has 21 heavy (non-hydrogen) atoms. The Bertz CT molecular complexity index is 766. The summed E-state index contributed by atoms with van der Waals surface area (Å²) in [5.74, 6) is 0.880. The molecular formula is C16H18N4O. The lowest BCUT2D eigenvalue weighted by Gasteiger charge is -2.22. The summed E-state index contributed by atoms with van der Waals surface area (Å²) in [5, 5.41) is 8.02. The van der Waals surface area contributed by atoms with Crippen LogP contribution in [0.4, 0.5) is 11.4 Å². The zero-order valence-corrected chi connectivity index (χ0v) is 12.1. The molecule has 0 saturated carbocycles. The average Bonchev–Trinajstić information content (AvgIpc) is 2.94. The first-order valence-corrected chi connectivity index (χ1v) is 6.74. The summed E-state index contributed by atoms with van der Waals surface area (Å²) in [7, 11) is 3.70. The van der Waals surface area contributed by atoms with E-state index in [9.17, 15) is 0 Å². The van der Waals surface area contributed by atoms with Crippen LogP contribution in [0.3, 0.4) is 0 Å². The molecule has 0 bridgehead atoms. The number of para-hydroxylation sites is 1. The molecule has 0 spiro atoms. The van der Waals surface area contributed by atoms with Crippen LogP contribution in [-0.2, 0) is 6.54 Å². The number of aromatic amines is 1. The fraction of sp³-hybridized carbons (Fsp3) is 0.188. The van der Waals surface area contributed by atoms with Crippen LogP contribution < -0.4 is 15.4 Å². The third-order valence-electron chi connectivity index (χ3n) is 3.60. The summed E-state index contributed by atoms with van der Waals surface area (Å²) in [6.45, 7) is 0.716. The second-order valence-electron chi connectivity index (χ2n) is 5.04. The standard InChI is InChI=1S/C16H18N4O/c1-20(10-11-5-3-4-6-16(11)21-2)15-8-14-12(7-13(15)17)9-18-19-14/h3-9H,10,17H2,1-2H3,(H,18,19). The molecule has 0 amide bonds. The SMILES string of the molecule is COc1ccccc1CN(C)c1cc2[nH]ncc2cc1N. The number of aromatic nitrogens is 2. The number of ether oxygens (including phenoxy) is 1. The van der Waals surface area contributed by atoms with E-state index in [1.165, 1.54) is 0 Å². The molecule has 5 nitrogen and oxygen atoms in total. The van der Waals surface area contributed by atoms with E-state index in [1.54, 1.807) is 13.3 Å². The molecule has 0 unspecified atom stereocenters. The van der Waals surface area contributed by atoms with Gasteiger partial charge in [-0.2, -0.15) is 5.10 Å². The number of nitrogen functional groups attached to an aromatic ring is 1. The number of rotatable bonds is 4. The van der Waals surface area contributed by atoms with Crippen LogP contribution in [0.15, 0.2) is 42.6 Å². The van der Waals surface area contributed by atoms with Gasteiger partial charge in [0.15, 0.2) is 0 Å². The molecule has 3 N–H and O–H groups in total. The van der Waals surface area contributed by atoms with Gasteiger partial charge < -0.3 is 15.4 Å². The van der Waals surface area contributed by atoms with Crippen molar-refractivity contribution in [2.75, 3.05) is 24.8 Å². The third kappa shape index (κ3) is 2.50. The van der Waals surface area contributed by atoms with Gasteiger partial charge in [0.1, 0.15) is 5.75 Å². The highest BCUT2D eigenvalue weighted by Gasteiger charge is 2.11. The van der Waals surface area contributed by atoms with Gasteiger partial charge in [0.05, 0.1) is 30.2 Å². The number of fused-ring (bicyclic) bond motifs is 1. The number of anilines is 2. The third-order valence-corrected chi connectivity index (χ3v) is 3.60. The first-order chi connectivity index (χ1) is 10.2. The lowest BCUT2D eigenvalue weighted by atomic mass is 10.1. The molecule has 3 rings (SSSR count). The van der Waals surface area contributed by atoms with E-state index >= 15 is 0 Å². The van der Waals surface area contributed by atoms with E-state index in [-0.39, 0.29) is 0 Å². The maximum absolute atomic E-state index is 6.16. The highest BCUT2D eigenvalue weighted by molar-refractivity contribution is 5.88. The molecule has 0 aliphatic carbocycles. The van der Waals surface area contributed by atoms with Gasteiger partial charge in [-0.05, 0) is 18.2 Å². The molecular weight excluding hydrogens is 264 g/mol. The number of benzene rings is 2. The second kappa shape index (κ2) is 5.36. The number of hydrogen-bond acceptors (Lipinski definition) is 4. The van der Waals surface area contributed by atoms with Crippen LogP contribution in [0.25, 0.3) is 10.9 Å². The number of nitrogens with two attached hydrogens (primary N) is 1. The van der Waals surface area contributed by atoms with Gasteiger partial charge >= 0.3 is 0 Å². The van der Waals surface area contributed by atoms with Crippen molar-refractivity contribution in [1.82, 2.24) is 10.2 Å². The van der Waals surface area contributed by atoms with Gasteiger partial charge in [0.25, 0.3) is 0 Å². The normalized spacial score (nSPS) is 10.8. The smallest absolute Gasteiger partial charge is 0.123 e. The van der Waals surface area contributed by atoms with Crippen molar-refractivity contribution in [2.24, 2.45) is 0 Å². The summed E-state index contributed by atoms with van der Waals surface area (Å²) >= 11 is 0. The minimum atomic E-state index is 0.716. The van der Waals surface area contributed by atoms with Crippen LogP contribution in [-0.4, -0.2) is 24.4 Å². The van der Waals surface area contributed by atoms with Gasteiger partial charge in [0.2, 0.25) is 0 Å². The zero-order chi connectivity index (χ0) is 14.8. The van der Waals surface area contributed by atoms with Crippen LogP contribution in [0.1, 0.15) is 5.56 Å². The van der Waals surface area contributed by atoms with E-state index < -0.39 is 0 Å². The Hall–Kier alpha value is -2.69. The van der Waals surface area contributed by atoms with Crippen molar-refractivity contribution in [1.29, 1.82) is 0 Å². The quantitative estimate of drug-likeness (QED) is 0.722. The summed E-state index contributed by atoms with van der Waals surface area (Å²) in [4.78, 5) is 2.10. The van der Waals surface area contributed by atoms with Crippen molar-refractivity contribution < 1.29 is 4.74 Å². The summed E-state index contributed by atoms with van der Waals surface area (Å²) in [6.07, 6.45) is 1.77. The molecule has 3 aromatic rings. The summed E-state index contributed by atoms with van der Waals surface area (Å²) in [5.41, 5.74) is 9.96. The van der Waals surface area contributed by atoms with Crippen LogP contribution in [0.2, 0.25) is 0 Å². The molecule has 2 aromatic carbocycles. The van der Waals surface area contributed by atoms with E-state index in [0.29, 0.717) is 6.54 Å². The van der Waals surface area contributed by atoms with E-state index in [2.05, 4.69) is 21.2 Å². The molecule has 0 aliphatic rings. The first-order valence-electron chi connectivity index (χ1n) is 6.74. The predicted molar refractivity (Wildman–Crippen MR) is 85.6 cm³/mol. The number of methoxy groups -OCH3 is 1. The summed E-state index contributed by atoms with van der Waals surface area (Å²) in [6, 6.07) is 11.9. The second-order valence-corrected chi connectivity index (χ2v) is 5.04. The minimum absolute atomic E-state index is 0.716. The number of hydrogen-bond donors (Lipinski definition) is 2. The Balaban J connectivity index is 1.92. The topological polar surface area (TPSA) is 67.2 Å². The fourth-order valence-electron chi connectivity index (χ4n) is 2.50. The van der Waals surface area contributed by atoms with Crippen molar-refractivity contribution in [3.8, 4) is 5.75 Å². The van der Waals surface area contributed by atoms with Gasteiger partial charge in [-0.3, -0.25) is 5.10 Å². The molecule has 1 aromatic heterocycles. The predicted octanol–water partition coefficient (Wildman–Crippen LogP) is 2.79. The monoisotopic (exact) mass is 282 g/mol. The Morgan fingerprint density at radius 3 is 2.90 bits per heavy atom. The first kappa shape index (κ1) is 13.3. The Labute approximate surface area is 123 Å². The van der Waals surface area contributed by atoms with Gasteiger partial charge in [-0.1, -0.05) is 18.2 Å². The molecule has 5 heteroatoms. The Kier molecular flexibility index (Phi) is 3.39. The molecule has 1 heterocycles. The molecule has 108 valence electrons. The van der Waals surface area contributed by atoms with Crippen molar-refractivity contribution in [3.63, 3.8) is 0 Å². The molecule has 0 aliphatic heterocycles. The molecule has 0 atom stereocenters. The maximum Gasteiger partial charge on any atom is 0.123 e. The summed E-state index contributed by atoms with van der Waals surface area (Å²) < 4.78 is 5.40. The Morgan fingerprint density at radius 1 is 1.29 bits per heavy atom.